The molecule has 0 atom stereocenters. The molecule has 0 saturated heterocycles. The van der Waals surface area contributed by atoms with Crippen LogP contribution in [0.25, 0.3) is 0 Å². The molecule has 0 bridgehead atoms. The van der Waals surface area contributed by atoms with Gasteiger partial charge in [-0.2, -0.15) is 0 Å². The molecule has 3 heteroatoms. The first-order chi connectivity index (χ1) is 6.65. The van der Waals surface area contributed by atoms with Crippen LogP contribution in [0.5, 0.6) is 0 Å². The Kier molecular flexibility index (Phi) is 3.89. The van der Waals surface area contributed by atoms with Gasteiger partial charge in [0.05, 0.1) is 0 Å². The minimum absolute atomic E-state index is 0.438. The Hall–Kier alpha value is -1.09. The van der Waals surface area contributed by atoms with Crippen LogP contribution < -0.4 is 10.6 Å². The van der Waals surface area contributed by atoms with Gasteiger partial charge in [-0.15, -0.1) is 0 Å². The van der Waals surface area contributed by atoms with E-state index in [-0.39, 0.29) is 0 Å². The molecule has 0 saturated carbocycles. The number of nitrogens with two attached hydrogens (primary N) is 1. The highest BCUT2D eigenvalue weighted by atomic mass is 15.2. The van der Waals surface area contributed by atoms with Gasteiger partial charge >= 0.3 is 0 Å². The van der Waals surface area contributed by atoms with Crippen LogP contribution in [-0.4, -0.2) is 24.1 Å². The van der Waals surface area contributed by atoms with Gasteiger partial charge in [0.2, 0.25) is 0 Å². The van der Waals surface area contributed by atoms with Gasteiger partial charge in [0.25, 0.3) is 0 Å². The van der Waals surface area contributed by atoms with E-state index in [0.29, 0.717) is 12.6 Å². The van der Waals surface area contributed by atoms with Crippen molar-refractivity contribution in [1.82, 2.24) is 4.98 Å². The number of aryl methyl sites for hydroxylation is 1. The van der Waals surface area contributed by atoms with Crippen molar-refractivity contribution in [2.24, 2.45) is 5.73 Å². The van der Waals surface area contributed by atoms with Gasteiger partial charge < -0.3 is 10.6 Å². The lowest BCUT2D eigenvalue weighted by atomic mass is 10.3. The fourth-order valence-corrected chi connectivity index (χ4v) is 1.46. The highest BCUT2D eigenvalue weighted by Crippen LogP contribution is 2.13. The van der Waals surface area contributed by atoms with E-state index in [0.717, 1.165) is 18.1 Å². The van der Waals surface area contributed by atoms with E-state index in [9.17, 15) is 0 Å². The summed E-state index contributed by atoms with van der Waals surface area (Å²) in [5, 5.41) is 0. The first-order valence-corrected chi connectivity index (χ1v) is 5.05. The third-order valence-corrected chi connectivity index (χ3v) is 2.16. The molecule has 0 fully saturated rings. The van der Waals surface area contributed by atoms with Crippen molar-refractivity contribution in [2.45, 2.75) is 26.8 Å². The monoisotopic (exact) mass is 193 g/mol. The number of nitrogens with zero attached hydrogens (tertiary/aromatic N) is 2. The van der Waals surface area contributed by atoms with E-state index in [1.54, 1.807) is 0 Å². The zero-order valence-electron chi connectivity index (χ0n) is 9.20. The van der Waals surface area contributed by atoms with Gasteiger partial charge in [-0.25, -0.2) is 4.98 Å². The maximum atomic E-state index is 5.57. The predicted molar refractivity (Wildman–Crippen MR) is 60.5 cm³/mol. The van der Waals surface area contributed by atoms with Crippen molar-refractivity contribution >= 4 is 5.82 Å². The molecule has 2 N–H and O–H groups in total. The summed E-state index contributed by atoms with van der Waals surface area (Å²) in [5.41, 5.74) is 6.62. The first kappa shape index (κ1) is 11.0. The number of rotatable bonds is 4. The van der Waals surface area contributed by atoms with Crippen LogP contribution in [-0.2, 0) is 0 Å². The van der Waals surface area contributed by atoms with Gasteiger partial charge in [-0.05, 0) is 32.9 Å². The number of hydrogen-bond acceptors (Lipinski definition) is 3. The standard InChI is InChI=1S/C11H19N3/c1-9(2)14(8-7-12)11-6-4-5-10(3)13-11/h4-6,9H,7-8,12H2,1-3H3. The molecule has 0 aromatic carbocycles. The Morgan fingerprint density at radius 1 is 1.43 bits per heavy atom. The second kappa shape index (κ2) is 4.96. The fraction of sp³-hybridized carbons (Fsp3) is 0.545. The number of hydrogen-bond donors (Lipinski definition) is 1. The zero-order chi connectivity index (χ0) is 10.6. The molecular formula is C11H19N3. The van der Waals surface area contributed by atoms with Crippen LogP contribution in [0.2, 0.25) is 0 Å². The SMILES string of the molecule is Cc1cccc(N(CCN)C(C)C)n1. The second-order valence-electron chi connectivity index (χ2n) is 3.71. The lowest BCUT2D eigenvalue weighted by Gasteiger charge is -2.27. The Morgan fingerprint density at radius 3 is 2.64 bits per heavy atom. The summed E-state index contributed by atoms with van der Waals surface area (Å²) in [6.45, 7) is 7.83. The van der Waals surface area contributed by atoms with Gasteiger partial charge in [0, 0.05) is 24.8 Å². The first-order valence-electron chi connectivity index (χ1n) is 5.05. The summed E-state index contributed by atoms with van der Waals surface area (Å²) in [5.74, 6) is 1.02. The van der Waals surface area contributed by atoms with Crippen LogP contribution in [0, 0.1) is 6.92 Å². The molecule has 0 aliphatic carbocycles. The normalized spacial score (nSPS) is 10.6. The molecule has 0 radical (unpaired) electrons. The van der Waals surface area contributed by atoms with E-state index in [4.69, 9.17) is 5.73 Å². The van der Waals surface area contributed by atoms with Gasteiger partial charge in [-0.1, -0.05) is 6.07 Å². The Morgan fingerprint density at radius 2 is 2.14 bits per heavy atom. The van der Waals surface area contributed by atoms with Gasteiger partial charge in [0.15, 0.2) is 0 Å². The molecule has 0 aliphatic rings. The lowest BCUT2D eigenvalue weighted by Crippen LogP contribution is -2.36. The van der Waals surface area contributed by atoms with Crippen LogP contribution in [0.15, 0.2) is 18.2 Å². The topological polar surface area (TPSA) is 42.1 Å². The Labute approximate surface area is 85.9 Å². The van der Waals surface area contributed by atoms with Gasteiger partial charge in [0.1, 0.15) is 5.82 Å². The molecule has 1 rings (SSSR count). The van der Waals surface area contributed by atoms with Crippen LogP contribution in [0.1, 0.15) is 19.5 Å². The molecular weight excluding hydrogens is 174 g/mol. The van der Waals surface area contributed by atoms with E-state index in [1.165, 1.54) is 0 Å². The highest BCUT2D eigenvalue weighted by molar-refractivity contribution is 5.40. The van der Waals surface area contributed by atoms with E-state index < -0.39 is 0 Å². The molecule has 1 heterocycles. The Bertz CT molecular complexity index is 284. The Balaban J connectivity index is 2.87. The average Bonchev–Trinajstić information content (AvgIpc) is 2.13. The van der Waals surface area contributed by atoms with Crippen LogP contribution in [0.3, 0.4) is 0 Å². The molecule has 0 spiro atoms. The van der Waals surface area contributed by atoms with Crippen molar-refractivity contribution in [3.05, 3.63) is 23.9 Å². The van der Waals surface area contributed by atoms with Crippen molar-refractivity contribution < 1.29 is 0 Å². The maximum absolute atomic E-state index is 5.57. The summed E-state index contributed by atoms with van der Waals surface area (Å²) < 4.78 is 0. The summed E-state index contributed by atoms with van der Waals surface area (Å²) >= 11 is 0. The lowest BCUT2D eigenvalue weighted by molar-refractivity contribution is 0.674. The molecule has 78 valence electrons. The minimum atomic E-state index is 0.438. The van der Waals surface area contributed by atoms with Crippen molar-refractivity contribution in [3.8, 4) is 0 Å². The third-order valence-electron chi connectivity index (χ3n) is 2.16. The second-order valence-corrected chi connectivity index (χ2v) is 3.71. The minimum Gasteiger partial charge on any atom is -0.353 e. The summed E-state index contributed by atoms with van der Waals surface area (Å²) in [6, 6.07) is 6.50. The maximum Gasteiger partial charge on any atom is 0.129 e. The molecule has 14 heavy (non-hydrogen) atoms. The van der Waals surface area contributed by atoms with Crippen LogP contribution >= 0.6 is 0 Å². The molecule has 0 amide bonds. The smallest absolute Gasteiger partial charge is 0.129 e. The summed E-state index contributed by atoms with van der Waals surface area (Å²) in [6.07, 6.45) is 0. The van der Waals surface area contributed by atoms with Gasteiger partial charge in [-0.3, -0.25) is 0 Å². The summed E-state index contributed by atoms with van der Waals surface area (Å²) in [4.78, 5) is 6.70. The van der Waals surface area contributed by atoms with Crippen molar-refractivity contribution in [3.63, 3.8) is 0 Å². The molecule has 3 nitrogen and oxygen atoms in total. The molecule has 1 aromatic heterocycles. The quantitative estimate of drug-likeness (QED) is 0.789. The predicted octanol–water partition coefficient (Wildman–Crippen LogP) is 1.56. The molecule has 0 aliphatic heterocycles. The fourth-order valence-electron chi connectivity index (χ4n) is 1.46. The van der Waals surface area contributed by atoms with Crippen LogP contribution in [0.4, 0.5) is 5.82 Å². The van der Waals surface area contributed by atoms with E-state index in [2.05, 4.69) is 23.7 Å². The third kappa shape index (κ3) is 2.70. The number of pyridine rings is 1. The van der Waals surface area contributed by atoms with E-state index in [1.807, 2.05) is 25.1 Å². The molecule has 1 aromatic rings. The largest absolute Gasteiger partial charge is 0.353 e. The van der Waals surface area contributed by atoms with Crippen molar-refractivity contribution in [2.75, 3.05) is 18.0 Å². The van der Waals surface area contributed by atoms with E-state index >= 15 is 0 Å². The van der Waals surface area contributed by atoms with Crippen molar-refractivity contribution in [1.29, 1.82) is 0 Å². The number of aromatic nitrogens is 1. The molecule has 0 unspecified atom stereocenters. The number of anilines is 1. The summed E-state index contributed by atoms with van der Waals surface area (Å²) in [7, 11) is 0. The highest BCUT2D eigenvalue weighted by Gasteiger charge is 2.10. The zero-order valence-corrected chi connectivity index (χ0v) is 9.20. The average molecular weight is 193 g/mol.